The van der Waals surface area contributed by atoms with Crippen LogP contribution in [0.1, 0.15) is 0 Å². The molecule has 0 aliphatic heterocycles. The predicted octanol–water partition coefficient (Wildman–Crippen LogP) is 4.56. The Kier molecular flexibility index (Phi) is 3.91. The van der Waals surface area contributed by atoms with Gasteiger partial charge < -0.3 is 0 Å². The standard InChI is InChI=1S/C5Cl2F10/c6-2(9,3(7,10)11)1(8,4(12,13)14)5(15,16)17. The van der Waals surface area contributed by atoms with Gasteiger partial charge in [0.15, 0.2) is 0 Å². The highest BCUT2D eigenvalue weighted by molar-refractivity contribution is 6.33. The summed E-state index contributed by atoms with van der Waals surface area (Å²) in [6.45, 7) is 0. The normalized spacial score (nSPS) is 19.1. The highest BCUT2D eigenvalue weighted by Gasteiger charge is 2.88. The fourth-order valence-electron chi connectivity index (χ4n) is 0.712. The predicted molar refractivity (Wildman–Crippen MR) is 36.4 cm³/mol. The summed E-state index contributed by atoms with van der Waals surface area (Å²) < 4.78 is 121. The van der Waals surface area contributed by atoms with E-state index in [1.54, 1.807) is 0 Å². The lowest BCUT2D eigenvalue weighted by Gasteiger charge is -2.38. The van der Waals surface area contributed by atoms with Crippen LogP contribution < -0.4 is 0 Å². The van der Waals surface area contributed by atoms with Gasteiger partial charge in [0.05, 0.1) is 0 Å². The first-order valence-electron chi connectivity index (χ1n) is 3.27. The van der Waals surface area contributed by atoms with Crippen molar-refractivity contribution in [3.63, 3.8) is 0 Å². The van der Waals surface area contributed by atoms with Crippen molar-refractivity contribution >= 4 is 23.2 Å². The minimum absolute atomic E-state index is 3.64. The molecule has 0 aromatic rings. The first-order valence-corrected chi connectivity index (χ1v) is 4.02. The van der Waals surface area contributed by atoms with Crippen LogP contribution in [0.5, 0.6) is 0 Å². The molecule has 1 atom stereocenters. The zero-order valence-corrected chi connectivity index (χ0v) is 8.55. The minimum Gasteiger partial charge on any atom is -0.218 e. The molecule has 12 heteroatoms. The molecule has 0 aromatic heterocycles. The zero-order valence-electron chi connectivity index (χ0n) is 7.04. The second-order valence-corrected chi connectivity index (χ2v) is 3.72. The average molecular weight is 321 g/mol. The monoisotopic (exact) mass is 320 g/mol. The van der Waals surface area contributed by atoms with Gasteiger partial charge in [-0.15, -0.1) is 0 Å². The molecular weight excluding hydrogens is 321 g/mol. The van der Waals surface area contributed by atoms with Crippen LogP contribution in [0.15, 0.2) is 0 Å². The third kappa shape index (κ3) is 2.38. The van der Waals surface area contributed by atoms with E-state index in [1.165, 1.54) is 0 Å². The fourth-order valence-corrected chi connectivity index (χ4v) is 1.06. The Morgan fingerprint density at radius 3 is 0.824 bits per heavy atom. The lowest BCUT2D eigenvalue weighted by atomic mass is 9.97. The van der Waals surface area contributed by atoms with Crippen molar-refractivity contribution in [3.05, 3.63) is 0 Å². The van der Waals surface area contributed by atoms with Crippen LogP contribution in [0, 0.1) is 0 Å². The highest BCUT2D eigenvalue weighted by Crippen LogP contribution is 2.60. The molecular formula is C5Cl2F10. The number of rotatable bonds is 2. The lowest BCUT2D eigenvalue weighted by molar-refractivity contribution is -0.377. The highest BCUT2D eigenvalue weighted by atomic mass is 35.5. The van der Waals surface area contributed by atoms with Crippen molar-refractivity contribution in [2.24, 2.45) is 0 Å². The van der Waals surface area contributed by atoms with Gasteiger partial charge in [-0.1, -0.05) is 11.6 Å². The van der Waals surface area contributed by atoms with Crippen LogP contribution >= 0.6 is 23.2 Å². The second-order valence-electron chi connectivity index (χ2n) is 2.73. The number of hydrogen-bond donors (Lipinski definition) is 0. The maximum Gasteiger partial charge on any atom is 0.436 e. The third-order valence-electron chi connectivity index (χ3n) is 1.57. The molecule has 0 heterocycles. The fraction of sp³-hybridized carbons (Fsp3) is 1.00. The maximum atomic E-state index is 12.8. The van der Waals surface area contributed by atoms with Gasteiger partial charge >= 0.3 is 28.5 Å². The molecule has 0 saturated carbocycles. The van der Waals surface area contributed by atoms with Gasteiger partial charge in [0.1, 0.15) is 0 Å². The van der Waals surface area contributed by atoms with Crippen LogP contribution in [0.25, 0.3) is 0 Å². The zero-order chi connectivity index (χ0) is 14.5. The van der Waals surface area contributed by atoms with Crippen molar-refractivity contribution in [2.45, 2.75) is 28.5 Å². The van der Waals surface area contributed by atoms with Crippen LogP contribution in [0.2, 0.25) is 0 Å². The van der Waals surface area contributed by atoms with Crippen LogP contribution in [-0.4, -0.2) is 28.5 Å². The van der Waals surface area contributed by atoms with Gasteiger partial charge in [0.25, 0.3) is 0 Å². The van der Waals surface area contributed by atoms with Gasteiger partial charge in [0, 0.05) is 0 Å². The molecule has 0 aliphatic carbocycles. The summed E-state index contributed by atoms with van der Waals surface area (Å²) in [7, 11) is 0. The molecule has 0 spiro atoms. The number of halogens is 12. The molecule has 0 aromatic carbocycles. The van der Waals surface area contributed by atoms with Crippen molar-refractivity contribution in [1.82, 2.24) is 0 Å². The molecule has 0 rings (SSSR count). The van der Waals surface area contributed by atoms with E-state index in [0.717, 1.165) is 0 Å². The Morgan fingerprint density at radius 1 is 0.529 bits per heavy atom. The smallest absolute Gasteiger partial charge is 0.218 e. The third-order valence-corrected chi connectivity index (χ3v) is 2.42. The topological polar surface area (TPSA) is 0 Å². The SMILES string of the molecule is FC(F)(F)C(F)(C(F)(F)F)C(F)(Cl)C(F)(F)Cl. The van der Waals surface area contributed by atoms with Crippen LogP contribution in [-0.2, 0) is 0 Å². The second kappa shape index (κ2) is 3.94. The molecule has 0 aliphatic rings. The summed E-state index contributed by atoms with van der Waals surface area (Å²) in [6, 6.07) is 0. The molecule has 0 fully saturated rings. The van der Waals surface area contributed by atoms with E-state index in [-0.39, 0.29) is 0 Å². The van der Waals surface area contributed by atoms with E-state index in [1.807, 2.05) is 0 Å². The molecule has 104 valence electrons. The Balaban J connectivity index is 6.04. The molecule has 0 saturated heterocycles. The quantitative estimate of drug-likeness (QED) is 0.517. The minimum atomic E-state index is -7.08. The van der Waals surface area contributed by atoms with Gasteiger partial charge in [-0.3, -0.25) is 0 Å². The summed E-state index contributed by atoms with van der Waals surface area (Å²) in [5.74, 6) is 0. The summed E-state index contributed by atoms with van der Waals surface area (Å²) in [6.07, 6.45) is -14.2. The van der Waals surface area contributed by atoms with Gasteiger partial charge in [-0.2, -0.15) is 35.1 Å². The molecule has 0 radical (unpaired) electrons. The van der Waals surface area contributed by atoms with Crippen LogP contribution in [0.4, 0.5) is 43.9 Å². The molecule has 0 bridgehead atoms. The molecule has 0 amide bonds. The van der Waals surface area contributed by atoms with Crippen molar-refractivity contribution in [1.29, 1.82) is 0 Å². The summed E-state index contributed by atoms with van der Waals surface area (Å²) in [5, 5.41) is -12.2. The molecule has 17 heavy (non-hydrogen) atoms. The van der Waals surface area contributed by atoms with Crippen LogP contribution in [0.3, 0.4) is 0 Å². The molecule has 0 nitrogen and oxygen atoms in total. The largest absolute Gasteiger partial charge is 0.436 e. The van der Waals surface area contributed by atoms with E-state index in [0.29, 0.717) is 0 Å². The van der Waals surface area contributed by atoms with E-state index in [4.69, 9.17) is 0 Å². The van der Waals surface area contributed by atoms with Gasteiger partial charge in [-0.25, -0.2) is 8.78 Å². The Bertz CT molecular complexity index is 269. The summed E-state index contributed by atoms with van der Waals surface area (Å²) in [5.41, 5.74) is -7.03. The van der Waals surface area contributed by atoms with E-state index >= 15 is 0 Å². The summed E-state index contributed by atoms with van der Waals surface area (Å²) >= 11 is 7.37. The first-order chi connectivity index (χ1) is 7.00. The lowest BCUT2D eigenvalue weighted by Crippen LogP contribution is -2.68. The average Bonchev–Trinajstić information content (AvgIpc) is 1.95. The maximum absolute atomic E-state index is 12.8. The van der Waals surface area contributed by atoms with E-state index in [2.05, 4.69) is 23.2 Å². The van der Waals surface area contributed by atoms with Crippen molar-refractivity contribution in [2.75, 3.05) is 0 Å². The Hall–Kier alpha value is -0.120. The van der Waals surface area contributed by atoms with Crippen molar-refractivity contribution in [3.8, 4) is 0 Å². The number of alkyl halides is 12. The summed E-state index contributed by atoms with van der Waals surface area (Å²) in [4.78, 5) is 0. The Morgan fingerprint density at radius 2 is 0.765 bits per heavy atom. The first kappa shape index (κ1) is 16.9. The van der Waals surface area contributed by atoms with Gasteiger partial charge in [0.2, 0.25) is 0 Å². The molecule has 1 unspecified atom stereocenters. The number of hydrogen-bond acceptors (Lipinski definition) is 0. The van der Waals surface area contributed by atoms with E-state index in [9.17, 15) is 43.9 Å². The van der Waals surface area contributed by atoms with E-state index < -0.39 is 28.5 Å². The Labute approximate surface area is 96.5 Å². The van der Waals surface area contributed by atoms with Crippen molar-refractivity contribution < 1.29 is 43.9 Å². The van der Waals surface area contributed by atoms with Gasteiger partial charge in [-0.05, 0) is 11.6 Å². The molecule has 0 N–H and O–H groups in total.